The predicted octanol–water partition coefficient (Wildman–Crippen LogP) is 2.36. The molecule has 1 aliphatic heterocycles. The van der Waals surface area contributed by atoms with E-state index in [1.54, 1.807) is 0 Å². The fourth-order valence-electron chi connectivity index (χ4n) is 2.40. The maximum absolute atomic E-state index is 9.06. The maximum atomic E-state index is 9.06. The van der Waals surface area contributed by atoms with Crippen LogP contribution in [0.25, 0.3) is 0 Å². The van der Waals surface area contributed by atoms with Crippen LogP contribution < -0.4 is 9.47 Å². The van der Waals surface area contributed by atoms with Gasteiger partial charge in [0.05, 0.1) is 12.0 Å². The summed E-state index contributed by atoms with van der Waals surface area (Å²) >= 11 is 0. The second-order valence-electron chi connectivity index (χ2n) is 3.94. The van der Waals surface area contributed by atoms with Crippen LogP contribution in [0, 0.1) is 11.3 Å². The van der Waals surface area contributed by atoms with Crippen LogP contribution in [0.5, 0.6) is 11.5 Å². The van der Waals surface area contributed by atoms with E-state index >= 15 is 0 Å². The van der Waals surface area contributed by atoms with Crippen molar-refractivity contribution in [3.05, 3.63) is 23.3 Å². The normalized spacial score (nSPS) is 21.9. The molecule has 3 nitrogen and oxygen atoms in total. The molecule has 1 aliphatic carbocycles. The molecule has 1 heterocycles. The summed E-state index contributed by atoms with van der Waals surface area (Å²) < 4.78 is 10.8. The average Bonchev–Trinajstić information content (AvgIpc) is 2.76. The molecule has 0 aromatic heterocycles. The lowest BCUT2D eigenvalue weighted by atomic mass is 9.83. The molecule has 3 rings (SSSR count). The summed E-state index contributed by atoms with van der Waals surface area (Å²) in [5.74, 6) is 1.73. The number of rotatable bonds is 0. The summed E-state index contributed by atoms with van der Waals surface area (Å²) in [6.45, 7) is 0.309. The molecule has 1 unspecified atom stereocenters. The van der Waals surface area contributed by atoms with Gasteiger partial charge >= 0.3 is 0 Å². The SMILES string of the molecule is N#CC1CCCc2c1ccc1c2OCO1. The van der Waals surface area contributed by atoms with Crippen molar-refractivity contribution < 1.29 is 9.47 Å². The Labute approximate surface area is 88.2 Å². The highest BCUT2D eigenvalue weighted by molar-refractivity contribution is 5.54. The lowest BCUT2D eigenvalue weighted by Crippen LogP contribution is -2.08. The van der Waals surface area contributed by atoms with Crippen molar-refractivity contribution in [1.29, 1.82) is 5.26 Å². The van der Waals surface area contributed by atoms with Gasteiger partial charge in [0, 0.05) is 5.56 Å². The third-order valence-electron chi connectivity index (χ3n) is 3.13. The van der Waals surface area contributed by atoms with Gasteiger partial charge in [-0.3, -0.25) is 0 Å². The van der Waals surface area contributed by atoms with Crippen molar-refractivity contribution in [3.63, 3.8) is 0 Å². The highest BCUT2D eigenvalue weighted by atomic mass is 16.7. The van der Waals surface area contributed by atoms with Gasteiger partial charge < -0.3 is 9.47 Å². The summed E-state index contributed by atoms with van der Waals surface area (Å²) in [6, 6.07) is 6.28. The Morgan fingerprint density at radius 3 is 3.13 bits per heavy atom. The lowest BCUT2D eigenvalue weighted by molar-refractivity contribution is 0.173. The molecule has 0 radical (unpaired) electrons. The molecule has 1 aromatic carbocycles. The van der Waals surface area contributed by atoms with Crippen molar-refractivity contribution in [1.82, 2.24) is 0 Å². The quantitative estimate of drug-likeness (QED) is 0.647. The molecule has 0 fully saturated rings. The van der Waals surface area contributed by atoms with Crippen molar-refractivity contribution in [2.45, 2.75) is 25.2 Å². The van der Waals surface area contributed by atoms with E-state index < -0.39 is 0 Å². The number of benzene rings is 1. The molecular formula is C12H11NO2. The molecule has 0 spiro atoms. The molecular weight excluding hydrogens is 190 g/mol. The second-order valence-corrected chi connectivity index (χ2v) is 3.94. The average molecular weight is 201 g/mol. The smallest absolute Gasteiger partial charge is 0.231 e. The Kier molecular flexibility index (Phi) is 1.81. The monoisotopic (exact) mass is 201 g/mol. The molecule has 3 heteroatoms. The van der Waals surface area contributed by atoms with Gasteiger partial charge in [-0.25, -0.2) is 0 Å². The predicted molar refractivity (Wildman–Crippen MR) is 53.9 cm³/mol. The molecule has 0 saturated heterocycles. The third kappa shape index (κ3) is 1.18. The number of fused-ring (bicyclic) bond motifs is 3. The van der Waals surface area contributed by atoms with Crippen LogP contribution in [0.15, 0.2) is 12.1 Å². The van der Waals surface area contributed by atoms with Gasteiger partial charge in [0.25, 0.3) is 0 Å². The highest BCUT2D eigenvalue weighted by Gasteiger charge is 2.27. The standard InChI is InChI=1S/C12H11NO2/c13-6-8-2-1-3-10-9(8)4-5-11-12(10)15-7-14-11/h4-5,8H,1-3,7H2. The van der Waals surface area contributed by atoms with Crippen LogP contribution in [-0.4, -0.2) is 6.79 Å². The topological polar surface area (TPSA) is 42.2 Å². The summed E-state index contributed by atoms with van der Waals surface area (Å²) in [4.78, 5) is 0. The fraction of sp³-hybridized carbons (Fsp3) is 0.417. The van der Waals surface area contributed by atoms with E-state index in [-0.39, 0.29) is 5.92 Å². The molecule has 1 aromatic rings. The van der Waals surface area contributed by atoms with Crippen molar-refractivity contribution >= 4 is 0 Å². The Bertz CT molecular complexity index is 448. The minimum absolute atomic E-state index is 0.0308. The van der Waals surface area contributed by atoms with Gasteiger partial charge in [-0.05, 0) is 30.9 Å². The molecule has 76 valence electrons. The first-order valence-electron chi connectivity index (χ1n) is 5.21. The summed E-state index contributed by atoms with van der Waals surface area (Å²) in [5, 5.41) is 9.06. The maximum Gasteiger partial charge on any atom is 0.231 e. The van der Waals surface area contributed by atoms with Crippen LogP contribution in [-0.2, 0) is 6.42 Å². The van der Waals surface area contributed by atoms with Gasteiger partial charge in [0.15, 0.2) is 11.5 Å². The van der Waals surface area contributed by atoms with E-state index in [1.807, 2.05) is 12.1 Å². The number of hydrogen-bond acceptors (Lipinski definition) is 3. The largest absolute Gasteiger partial charge is 0.454 e. The van der Waals surface area contributed by atoms with E-state index in [0.717, 1.165) is 36.3 Å². The third-order valence-corrected chi connectivity index (χ3v) is 3.13. The first kappa shape index (κ1) is 8.60. The van der Waals surface area contributed by atoms with Gasteiger partial charge in [-0.2, -0.15) is 5.26 Å². The highest BCUT2D eigenvalue weighted by Crippen LogP contribution is 2.43. The zero-order valence-electron chi connectivity index (χ0n) is 8.32. The van der Waals surface area contributed by atoms with Crippen molar-refractivity contribution in [2.24, 2.45) is 0 Å². The zero-order valence-corrected chi connectivity index (χ0v) is 8.32. The minimum atomic E-state index is 0.0308. The van der Waals surface area contributed by atoms with Crippen LogP contribution in [0.2, 0.25) is 0 Å². The minimum Gasteiger partial charge on any atom is -0.454 e. The number of hydrogen-bond donors (Lipinski definition) is 0. The number of nitrogens with zero attached hydrogens (tertiary/aromatic N) is 1. The van der Waals surface area contributed by atoms with Crippen LogP contribution >= 0.6 is 0 Å². The Morgan fingerprint density at radius 2 is 2.27 bits per heavy atom. The van der Waals surface area contributed by atoms with E-state index in [0.29, 0.717) is 6.79 Å². The number of ether oxygens (including phenoxy) is 2. The van der Waals surface area contributed by atoms with E-state index in [9.17, 15) is 0 Å². The second kappa shape index (κ2) is 3.16. The summed E-state index contributed by atoms with van der Waals surface area (Å²) in [7, 11) is 0. The molecule has 1 atom stereocenters. The molecule has 0 N–H and O–H groups in total. The Morgan fingerprint density at radius 1 is 1.33 bits per heavy atom. The van der Waals surface area contributed by atoms with Crippen LogP contribution in [0.1, 0.15) is 29.9 Å². The van der Waals surface area contributed by atoms with E-state index in [2.05, 4.69) is 6.07 Å². The first-order valence-corrected chi connectivity index (χ1v) is 5.21. The molecule has 0 bridgehead atoms. The zero-order chi connectivity index (χ0) is 10.3. The van der Waals surface area contributed by atoms with Gasteiger partial charge in [0.2, 0.25) is 6.79 Å². The van der Waals surface area contributed by atoms with Gasteiger partial charge in [0.1, 0.15) is 0 Å². The van der Waals surface area contributed by atoms with E-state index in [4.69, 9.17) is 14.7 Å². The van der Waals surface area contributed by atoms with Crippen LogP contribution in [0.4, 0.5) is 0 Å². The van der Waals surface area contributed by atoms with Crippen LogP contribution in [0.3, 0.4) is 0 Å². The Balaban J connectivity index is 2.16. The molecule has 0 amide bonds. The van der Waals surface area contributed by atoms with Gasteiger partial charge in [-0.1, -0.05) is 6.07 Å². The molecule has 2 aliphatic rings. The first-order chi connectivity index (χ1) is 7.40. The van der Waals surface area contributed by atoms with Gasteiger partial charge in [-0.15, -0.1) is 0 Å². The lowest BCUT2D eigenvalue weighted by Gasteiger charge is -2.21. The summed E-state index contributed by atoms with van der Waals surface area (Å²) in [6.07, 6.45) is 3.02. The van der Waals surface area contributed by atoms with E-state index in [1.165, 1.54) is 5.56 Å². The summed E-state index contributed by atoms with van der Waals surface area (Å²) in [5.41, 5.74) is 2.32. The van der Waals surface area contributed by atoms with Crippen molar-refractivity contribution in [3.8, 4) is 17.6 Å². The molecule has 0 saturated carbocycles. The molecule has 15 heavy (non-hydrogen) atoms. The fourth-order valence-corrected chi connectivity index (χ4v) is 2.40. The number of nitriles is 1. The Hall–Kier alpha value is -1.69. The van der Waals surface area contributed by atoms with Crippen molar-refractivity contribution in [2.75, 3.05) is 6.79 Å².